The molecule has 0 radical (unpaired) electrons. The van der Waals surface area contributed by atoms with Gasteiger partial charge < -0.3 is 10.1 Å². The molecule has 0 aliphatic rings. The molecule has 1 heterocycles. The Morgan fingerprint density at radius 1 is 1.00 bits per heavy atom. The molecule has 5 nitrogen and oxygen atoms in total. The third kappa shape index (κ3) is 3.88. The molecule has 6 heteroatoms. The number of fused-ring (bicyclic) bond motifs is 1. The number of halogens is 1. The van der Waals surface area contributed by atoms with Crippen LogP contribution in [0, 0.1) is 0 Å². The maximum Gasteiger partial charge on any atom is 0.357 e. The number of carbonyl (C=O) groups is 2. The second-order valence-corrected chi connectivity index (χ2v) is 5.46. The summed E-state index contributed by atoms with van der Waals surface area (Å²) in [6, 6.07) is 17.4. The Balaban J connectivity index is 1.59. The molecule has 0 spiro atoms. The topological polar surface area (TPSA) is 68.3 Å². The van der Waals surface area contributed by atoms with Gasteiger partial charge >= 0.3 is 5.97 Å². The highest BCUT2D eigenvalue weighted by Crippen LogP contribution is 2.14. The first kappa shape index (κ1) is 16.0. The van der Waals surface area contributed by atoms with Gasteiger partial charge in [-0.1, -0.05) is 35.9 Å². The van der Waals surface area contributed by atoms with Crippen molar-refractivity contribution in [2.24, 2.45) is 0 Å². The summed E-state index contributed by atoms with van der Waals surface area (Å²) < 4.78 is 5.00. The Morgan fingerprint density at radius 2 is 1.75 bits per heavy atom. The molecule has 24 heavy (non-hydrogen) atoms. The van der Waals surface area contributed by atoms with Crippen molar-refractivity contribution in [1.82, 2.24) is 4.98 Å². The predicted molar refractivity (Wildman–Crippen MR) is 92.1 cm³/mol. The van der Waals surface area contributed by atoms with Crippen LogP contribution in [-0.2, 0) is 9.53 Å². The van der Waals surface area contributed by atoms with Crippen molar-refractivity contribution >= 4 is 40.1 Å². The minimum Gasteiger partial charge on any atom is -0.451 e. The minimum atomic E-state index is -0.646. The van der Waals surface area contributed by atoms with Crippen LogP contribution in [0.15, 0.2) is 60.7 Å². The molecule has 0 fully saturated rings. The van der Waals surface area contributed by atoms with Crippen LogP contribution >= 0.6 is 11.6 Å². The molecular formula is C18H13ClN2O3. The highest BCUT2D eigenvalue weighted by atomic mass is 35.5. The second kappa shape index (κ2) is 7.10. The zero-order valence-corrected chi connectivity index (χ0v) is 13.3. The van der Waals surface area contributed by atoms with Crippen LogP contribution in [0.25, 0.3) is 10.9 Å². The van der Waals surface area contributed by atoms with E-state index >= 15 is 0 Å². The van der Waals surface area contributed by atoms with E-state index < -0.39 is 18.5 Å². The smallest absolute Gasteiger partial charge is 0.357 e. The number of hydrogen-bond acceptors (Lipinski definition) is 4. The molecular weight excluding hydrogens is 328 g/mol. The summed E-state index contributed by atoms with van der Waals surface area (Å²) in [5, 5.41) is 4.11. The molecule has 0 unspecified atom stereocenters. The van der Waals surface area contributed by atoms with Gasteiger partial charge in [0, 0.05) is 16.1 Å². The molecule has 3 aromatic rings. The molecule has 0 aliphatic carbocycles. The quantitative estimate of drug-likeness (QED) is 0.735. The van der Waals surface area contributed by atoms with Crippen molar-refractivity contribution in [2.45, 2.75) is 0 Å². The van der Waals surface area contributed by atoms with E-state index in [4.69, 9.17) is 16.3 Å². The van der Waals surface area contributed by atoms with Gasteiger partial charge in [-0.25, -0.2) is 9.78 Å². The van der Waals surface area contributed by atoms with Gasteiger partial charge in [-0.2, -0.15) is 0 Å². The van der Waals surface area contributed by atoms with E-state index in [1.807, 2.05) is 18.2 Å². The van der Waals surface area contributed by atoms with E-state index in [1.165, 1.54) is 0 Å². The number of nitrogens with zero attached hydrogens (tertiary/aromatic N) is 1. The molecule has 120 valence electrons. The summed E-state index contributed by atoms with van der Waals surface area (Å²) in [5.41, 5.74) is 1.43. The zero-order valence-electron chi connectivity index (χ0n) is 12.5. The third-order valence-electron chi connectivity index (χ3n) is 3.27. The summed E-state index contributed by atoms with van der Waals surface area (Å²) in [6.45, 7) is -0.393. The average molecular weight is 341 g/mol. The second-order valence-electron chi connectivity index (χ2n) is 5.02. The lowest BCUT2D eigenvalue weighted by molar-refractivity contribution is -0.119. The fourth-order valence-electron chi connectivity index (χ4n) is 2.12. The number of aromatic nitrogens is 1. The van der Waals surface area contributed by atoms with Gasteiger partial charge in [0.15, 0.2) is 6.61 Å². The molecule has 0 atom stereocenters. The van der Waals surface area contributed by atoms with Crippen LogP contribution < -0.4 is 5.32 Å². The Hall–Kier alpha value is -2.92. The zero-order chi connectivity index (χ0) is 16.9. The first-order chi connectivity index (χ1) is 11.6. The summed E-state index contributed by atoms with van der Waals surface area (Å²) in [6.07, 6.45) is 0. The number of rotatable bonds is 4. The molecule has 0 bridgehead atoms. The van der Waals surface area contributed by atoms with Gasteiger partial charge in [-0.05, 0) is 36.4 Å². The molecule has 0 aliphatic heterocycles. The molecule has 3 rings (SSSR count). The van der Waals surface area contributed by atoms with Crippen LogP contribution in [0.5, 0.6) is 0 Å². The third-order valence-corrected chi connectivity index (χ3v) is 3.52. The van der Waals surface area contributed by atoms with E-state index in [0.29, 0.717) is 16.2 Å². The van der Waals surface area contributed by atoms with Crippen molar-refractivity contribution in [2.75, 3.05) is 11.9 Å². The normalized spacial score (nSPS) is 10.4. The van der Waals surface area contributed by atoms with E-state index in [-0.39, 0.29) is 5.69 Å². The number of amides is 1. The van der Waals surface area contributed by atoms with Crippen LogP contribution in [0.3, 0.4) is 0 Å². The Bertz CT molecular complexity index is 894. The predicted octanol–water partition coefficient (Wildman–Crippen LogP) is 3.68. The van der Waals surface area contributed by atoms with Crippen LogP contribution in [-0.4, -0.2) is 23.5 Å². The Morgan fingerprint density at radius 3 is 2.54 bits per heavy atom. The van der Waals surface area contributed by atoms with Crippen LogP contribution in [0.4, 0.5) is 5.69 Å². The summed E-state index contributed by atoms with van der Waals surface area (Å²) in [7, 11) is 0. The lowest BCUT2D eigenvalue weighted by Gasteiger charge is -2.07. The number of benzene rings is 2. The molecule has 0 saturated heterocycles. The number of pyridine rings is 1. The maximum atomic E-state index is 12.0. The van der Waals surface area contributed by atoms with Gasteiger partial charge in [0.05, 0.1) is 5.52 Å². The number of anilines is 1. The summed E-state index contributed by atoms with van der Waals surface area (Å²) in [5.74, 6) is -1.08. The molecule has 2 aromatic carbocycles. The SMILES string of the molecule is O=C(COC(=O)c1ccc2ccccc2n1)Nc1ccc(Cl)cc1. The van der Waals surface area contributed by atoms with Crippen molar-refractivity contribution in [3.8, 4) is 0 Å². The van der Waals surface area contributed by atoms with E-state index in [1.54, 1.807) is 42.5 Å². The molecule has 1 amide bonds. The minimum absolute atomic E-state index is 0.160. The van der Waals surface area contributed by atoms with Crippen molar-refractivity contribution in [3.63, 3.8) is 0 Å². The number of esters is 1. The molecule has 1 aromatic heterocycles. The monoisotopic (exact) mass is 340 g/mol. The largest absolute Gasteiger partial charge is 0.451 e. The van der Waals surface area contributed by atoms with Gasteiger partial charge in [0.2, 0.25) is 0 Å². The van der Waals surface area contributed by atoms with Crippen molar-refractivity contribution in [3.05, 3.63) is 71.4 Å². The van der Waals surface area contributed by atoms with Crippen molar-refractivity contribution < 1.29 is 14.3 Å². The highest BCUT2D eigenvalue weighted by molar-refractivity contribution is 6.30. The van der Waals surface area contributed by atoms with Gasteiger partial charge in [0.1, 0.15) is 5.69 Å². The summed E-state index contributed by atoms with van der Waals surface area (Å²) >= 11 is 5.77. The van der Waals surface area contributed by atoms with Crippen molar-refractivity contribution in [1.29, 1.82) is 0 Å². The maximum absolute atomic E-state index is 12.0. The number of para-hydroxylation sites is 1. The van der Waals surface area contributed by atoms with Gasteiger partial charge in [0.25, 0.3) is 5.91 Å². The number of nitrogens with one attached hydrogen (secondary N) is 1. The standard InChI is InChI=1S/C18H13ClN2O3/c19-13-6-8-14(9-7-13)20-17(22)11-24-18(23)16-10-5-12-3-1-2-4-15(12)21-16/h1-10H,11H2,(H,20,22). The first-order valence-corrected chi connectivity index (χ1v) is 7.58. The lowest BCUT2D eigenvalue weighted by atomic mass is 10.2. The fraction of sp³-hybridized carbons (Fsp3) is 0.0556. The number of ether oxygens (including phenoxy) is 1. The van der Waals surface area contributed by atoms with Gasteiger partial charge in [-0.3, -0.25) is 4.79 Å². The van der Waals surface area contributed by atoms with E-state index in [9.17, 15) is 9.59 Å². The lowest BCUT2D eigenvalue weighted by Crippen LogP contribution is -2.21. The van der Waals surface area contributed by atoms with E-state index in [0.717, 1.165) is 5.39 Å². The van der Waals surface area contributed by atoms with E-state index in [2.05, 4.69) is 10.3 Å². The number of carbonyl (C=O) groups excluding carboxylic acids is 2. The average Bonchev–Trinajstić information content (AvgIpc) is 2.61. The van der Waals surface area contributed by atoms with Crippen LogP contribution in [0.1, 0.15) is 10.5 Å². The molecule has 0 saturated carbocycles. The summed E-state index contributed by atoms with van der Waals surface area (Å²) in [4.78, 5) is 28.0. The Labute approximate surface area is 143 Å². The first-order valence-electron chi connectivity index (χ1n) is 7.20. The highest BCUT2D eigenvalue weighted by Gasteiger charge is 2.12. The number of hydrogen-bond donors (Lipinski definition) is 1. The fourth-order valence-corrected chi connectivity index (χ4v) is 2.24. The Kier molecular flexibility index (Phi) is 4.72. The molecule has 1 N–H and O–H groups in total. The van der Waals surface area contributed by atoms with Crippen LogP contribution in [0.2, 0.25) is 5.02 Å². The van der Waals surface area contributed by atoms with Gasteiger partial charge in [-0.15, -0.1) is 0 Å².